The molecule has 2 aromatic rings. The molecule has 1 amide bonds. The summed E-state index contributed by atoms with van der Waals surface area (Å²) in [5, 5.41) is 0.688. The second-order valence-corrected chi connectivity index (χ2v) is 7.88. The summed E-state index contributed by atoms with van der Waals surface area (Å²) >= 11 is 1.57. The van der Waals surface area contributed by atoms with Gasteiger partial charge in [0.2, 0.25) is 0 Å². The van der Waals surface area contributed by atoms with Crippen LogP contribution in [0.1, 0.15) is 35.3 Å². The molecule has 0 unspecified atom stereocenters. The largest absolute Gasteiger partial charge is 0.281 e. The van der Waals surface area contributed by atoms with E-state index in [0.717, 1.165) is 22.6 Å². The number of rotatable bonds is 2. The maximum Gasteiger partial charge on any atom is 0.260 e. The van der Waals surface area contributed by atoms with Gasteiger partial charge in [0, 0.05) is 11.3 Å². The first-order valence-corrected chi connectivity index (χ1v) is 9.15. The highest BCUT2D eigenvalue weighted by Crippen LogP contribution is 2.36. The highest BCUT2D eigenvalue weighted by molar-refractivity contribution is 8.14. The van der Waals surface area contributed by atoms with Crippen LogP contribution in [0.2, 0.25) is 0 Å². The molecule has 0 N–H and O–H groups in total. The Morgan fingerprint density at radius 2 is 1.84 bits per heavy atom. The Morgan fingerprint density at radius 3 is 2.52 bits per heavy atom. The summed E-state index contributed by atoms with van der Waals surface area (Å²) < 4.78 is 13.2. The van der Waals surface area contributed by atoms with Crippen molar-refractivity contribution in [2.45, 2.75) is 33.2 Å². The van der Waals surface area contributed by atoms with Gasteiger partial charge in [-0.1, -0.05) is 23.9 Å². The second kappa shape index (κ2) is 6.64. The van der Waals surface area contributed by atoms with Crippen LogP contribution in [0.4, 0.5) is 10.1 Å². The third-order valence-electron chi connectivity index (χ3n) is 4.23. The normalized spacial score (nSPS) is 18.0. The van der Waals surface area contributed by atoms with Crippen LogP contribution in [0.5, 0.6) is 0 Å². The SMILES string of the molecule is Cc1ccc(C)c(N=C2SCC(C)(C)N2C(=O)c2ccc(F)cc2)c1. The van der Waals surface area contributed by atoms with E-state index in [1.165, 1.54) is 24.3 Å². The van der Waals surface area contributed by atoms with Gasteiger partial charge in [0.05, 0.1) is 11.2 Å². The molecular formula is C20H21FN2OS. The minimum atomic E-state index is -0.354. The van der Waals surface area contributed by atoms with Crippen molar-refractivity contribution in [1.82, 2.24) is 4.90 Å². The molecule has 25 heavy (non-hydrogen) atoms. The molecule has 3 rings (SSSR count). The lowest BCUT2D eigenvalue weighted by Crippen LogP contribution is -2.46. The number of carbonyl (C=O) groups excluding carboxylic acids is 1. The van der Waals surface area contributed by atoms with Gasteiger partial charge in [-0.25, -0.2) is 9.38 Å². The average molecular weight is 356 g/mol. The lowest BCUT2D eigenvalue weighted by Gasteiger charge is -2.30. The van der Waals surface area contributed by atoms with E-state index in [1.54, 1.807) is 16.7 Å². The molecule has 1 saturated heterocycles. The zero-order valence-electron chi connectivity index (χ0n) is 14.8. The summed E-state index contributed by atoms with van der Waals surface area (Å²) in [6.07, 6.45) is 0. The van der Waals surface area contributed by atoms with Gasteiger partial charge in [-0.2, -0.15) is 0 Å². The van der Waals surface area contributed by atoms with Gasteiger partial charge in [0.15, 0.2) is 5.17 Å². The number of hydrogen-bond donors (Lipinski definition) is 0. The third-order valence-corrected chi connectivity index (χ3v) is 5.61. The predicted octanol–water partition coefficient (Wildman–Crippen LogP) is 5.10. The van der Waals surface area contributed by atoms with Crippen molar-refractivity contribution in [2.75, 3.05) is 5.75 Å². The Kier molecular flexibility index (Phi) is 4.69. The Balaban J connectivity index is 2.01. The van der Waals surface area contributed by atoms with Crippen molar-refractivity contribution in [3.8, 4) is 0 Å². The fourth-order valence-corrected chi connectivity index (χ4v) is 3.97. The third kappa shape index (κ3) is 3.61. The molecule has 3 nitrogen and oxygen atoms in total. The van der Waals surface area contributed by atoms with Crippen LogP contribution in [0.3, 0.4) is 0 Å². The summed E-state index contributed by atoms with van der Waals surface area (Å²) in [7, 11) is 0. The van der Waals surface area contributed by atoms with Gasteiger partial charge >= 0.3 is 0 Å². The van der Waals surface area contributed by atoms with Crippen molar-refractivity contribution >= 4 is 28.5 Å². The number of carbonyl (C=O) groups is 1. The molecule has 1 heterocycles. The quantitative estimate of drug-likeness (QED) is 0.750. The summed E-state index contributed by atoms with van der Waals surface area (Å²) in [6, 6.07) is 11.8. The van der Waals surface area contributed by atoms with E-state index in [2.05, 4.69) is 0 Å². The number of aryl methyl sites for hydroxylation is 2. The molecule has 0 bridgehead atoms. The minimum Gasteiger partial charge on any atom is -0.281 e. The summed E-state index contributed by atoms with van der Waals surface area (Å²) in [4.78, 5) is 19.5. The molecule has 0 aliphatic carbocycles. The highest BCUT2D eigenvalue weighted by Gasteiger charge is 2.41. The van der Waals surface area contributed by atoms with E-state index in [4.69, 9.17) is 4.99 Å². The molecular weight excluding hydrogens is 335 g/mol. The van der Waals surface area contributed by atoms with Gasteiger partial charge in [-0.3, -0.25) is 9.69 Å². The maximum absolute atomic E-state index is 13.2. The van der Waals surface area contributed by atoms with E-state index in [9.17, 15) is 9.18 Å². The second-order valence-electron chi connectivity index (χ2n) is 6.93. The van der Waals surface area contributed by atoms with Gasteiger partial charge < -0.3 is 0 Å². The Hall–Kier alpha value is -2.14. The molecule has 0 saturated carbocycles. The van der Waals surface area contributed by atoms with Crippen LogP contribution < -0.4 is 0 Å². The van der Waals surface area contributed by atoms with Crippen LogP contribution in [0, 0.1) is 19.7 Å². The van der Waals surface area contributed by atoms with Crippen LogP contribution in [-0.4, -0.2) is 27.3 Å². The van der Waals surface area contributed by atoms with Gasteiger partial charge in [0.25, 0.3) is 5.91 Å². The molecule has 5 heteroatoms. The Morgan fingerprint density at radius 1 is 1.16 bits per heavy atom. The van der Waals surface area contributed by atoms with Crippen LogP contribution in [0.25, 0.3) is 0 Å². The molecule has 1 aliphatic rings. The Labute approximate surface area is 152 Å². The fourth-order valence-electron chi connectivity index (χ4n) is 2.74. The van der Waals surface area contributed by atoms with Gasteiger partial charge in [-0.05, 0) is 69.2 Å². The summed E-state index contributed by atoms with van der Waals surface area (Å²) in [5.74, 6) is 0.263. The van der Waals surface area contributed by atoms with E-state index < -0.39 is 0 Å². The number of amidine groups is 1. The summed E-state index contributed by atoms with van der Waals surface area (Å²) in [5.41, 5.74) is 3.18. The van der Waals surface area contributed by atoms with E-state index >= 15 is 0 Å². The smallest absolute Gasteiger partial charge is 0.260 e. The zero-order chi connectivity index (χ0) is 18.2. The predicted molar refractivity (Wildman–Crippen MR) is 102 cm³/mol. The standard InChI is InChI=1S/C20H21FN2OS/c1-13-5-6-14(2)17(11-13)22-19-23(20(3,4)12-25-19)18(24)15-7-9-16(21)10-8-15/h5-11H,12H2,1-4H3. The molecule has 130 valence electrons. The topological polar surface area (TPSA) is 32.7 Å². The molecule has 1 fully saturated rings. The number of benzene rings is 2. The molecule has 2 aromatic carbocycles. The van der Waals surface area contributed by atoms with Crippen molar-refractivity contribution in [2.24, 2.45) is 4.99 Å². The zero-order valence-corrected chi connectivity index (χ0v) is 15.7. The van der Waals surface area contributed by atoms with E-state index in [1.807, 2.05) is 45.9 Å². The number of nitrogens with zero attached hydrogens (tertiary/aromatic N) is 2. The first-order chi connectivity index (χ1) is 11.8. The molecule has 0 aromatic heterocycles. The Bertz CT molecular complexity index is 843. The van der Waals surface area contributed by atoms with Gasteiger partial charge in [-0.15, -0.1) is 0 Å². The fraction of sp³-hybridized carbons (Fsp3) is 0.300. The number of halogens is 1. The first-order valence-electron chi connectivity index (χ1n) is 8.17. The molecule has 0 spiro atoms. The van der Waals surface area contributed by atoms with Crippen molar-refractivity contribution in [3.05, 3.63) is 65.0 Å². The molecule has 0 atom stereocenters. The van der Waals surface area contributed by atoms with E-state index in [0.29, 0.717) is 10.7 Å². The first kappa shape index (κ1) is 17.7. The number of thioether (sulfide) groups is 1. The lowest BCUT2D eigenvalue weighted by molar-refractivity contribution is 0.0767. The average Bonchev–Trinajstić information content (AvgIpc) is 2.85. The number of hydrogen-bond acceptors (Lipinski definition) is 3. The summed E-state index contributed by atoms with van der Waals surface area (Å²) in [6.45, 7) is 8.08. The molecule has 0 radical (unpaired) electrons. The molecule has 1 aliphatic heterocycles. The lowest BCUT2D eigenvalue weighted by atomic mass is 10.0. The van der Waals surface area contributed by atoms with Gasteiger partial charge in [0.1, 0.15) is 5.82 Å². The van der Waals surface area contributed by atoms with Crippen LogP contribution >= 0.6 is 11.8 Å². The van der Waals surface area contributed by atoms with Crippen molar-refractivity contribution in [1.29, 1.82) is 0 Å². The van der Waals surface area contributed by atoms with Crippen LogP contribution in [-0.2, 0) is 0 Å². The minimum absolute atomic E-state index is 0.154. The number of amides is 1. The highest BCUT2D eigenvalue weighted by atomic mass is 32.2. The van der Waals surface area contributed by atoms with Crippen molar-refractivity contribution < 1.29 is 9.18 Å². The van der Waals surface area contributed by atoms with Crippen LogP contribution in [0.15, 0.2) is 47.5 Å². The monoisotopic (exact) mass is 356 g/mol. The maximum atomic E-state index is 13.2. The number of aliphatic imine (C=N–C) groups is 1. The van der Waals surface area contributed by atoms with Crippen molar-refractivity contribution in [3.63, 3.8) is 0 Å². The van der Waals surface area contributed by atoms with E-state index in [-0.39, 0.29) is 17.3 Å².